The van der Waals surface area contributed by atoms with Crippen LogP contribution in [0.1, 0.15) is 51.7 Å². The molecule has 2 aliphatic rings. The highest BCUT2D eigenvalue weighted by atomic mass is 16.6. The summed E-state index contributed by atoms with van der Waals surface area (Å²) in [7, 11) is 1.60. The van der Waals surface area contributed by atoms with Crippen LogP contribution in [-0.4, -0.2) is 81.1 Å². The van der Waals surface area contributed by atoms with E-state index in [9.17, 15) is 14.4 Å². The van der Waals surface area contributed by atoms with Gasteiger partial charge in [-0.1, -0.05) is 47.6 Å². The van der Waals surface area contributed by atoms with Gasteiger partial charge in [0, 0.05) is 20.3 Å². The summed E-state index contributed by atoms with van der Waals surface area (Å²) in [6.45, 7) is 4.56. The van der Waals surface area contributed by atoms with Crippen molar-refractivity contribution in [2.45, 2.75) is 76.7 Å². The van der Waals surface area contributed by atoms with Gasteiger partial charge in [0.25, 0.3) is 0 Å². The van der Waals surface area contributed by atoms with E-state index in [1.807, 2.05) is 66.7 Å². The smallest absolute Gasteiger partial charge is 0.306 e. The van der Waals surface area contributed by atoms with Crippen LogP contribution in [0.2, 0.25) is 0 Å². The van der Waals surface area contributed by atoms with Gasteiger partial charge in [0.2, 0.25) is 0 Å². The first kappa shape index (κ1) is 36.2. The molecule has 258 valence electrons. The third-order valence-electron chi connectivity index (χ3n) is 7.42. The number of carbonyl (C=O) groups is 3. The molecule has 0 unspecified atom stereocenters. The maximum Gasteiger partial charge on any atom is 0.306 e. The SMILES string of the molecule is COc1ccc(O[C@H]2C=C[C@@H](c3ccccc3)O[C@@H]2COC(=O)CC/C(C)=N/OCC[C@@H]2C=C[C@H](OC(C)=O)[C@@H](COC(C)=O)O2)cc1. The Morgan fingerprint density at radius 1 is 0.750 bits per heavy atom. The number of carbonyl (C=O) groups excluding carboxylic acids is 3. The summed E-state index contributed by atoms with van der Waals surface area (Å²) in [6, 6.07) is 17.0. The Morgan fingerprint density at radius 3 is 2.15 bits per heavy atom. The number of nitrogens with zero attached hydrogens (tertiary/aromatic N) is 1. The average molecular weight is 666 g/mol. The molecule has 4 rings (SSSR count). The summed E-state index contributed by atoms with van der Waals surface area (Å²) in [5.41, 5.74) is 1.61. The molecule has 0 aliphatic carbocycles. The number of rotatable bonds is 16. The minimum absolute atomic E-state index is 0.00564. The van der Waals surface area contributed by atoms with Crippen molar-refractivity contribution in [2.75, 3.05) is 26.9 Å². The summed E-state index contributed by atoms with van der Waals surface area (Å²) >= 11 is 0. The number of esters is 3. The maximum absolute atomic E-state index is 12.7. The molecule has 0 spiro atoms. The lowest BCUT2D eigenvalue weighted by molar-refractivity contribution is -0.164. The van der Waals surface area contributed by atoms with Crippen LogP contribution < -0.4 is 9.47 Å². The summed E-state index contributed by atoms with van der Waals surface area (Å²) in [5, 5.41) is 4.11. The fourth-order valence-corrected chi connectivity index (χ4v) is 4.95. The highest BCUT2D eigenvalue weighted by molar-refractivity contribution is 5.85. The Balaban J connectivity index is 1.22. The fourth-order valence-electron chi connectivity index (χ4n) is 4.95. The van der Waals surface area contributed by atoms with E-state index in [2.05, 4.69) is 5.16 Å². The van der Waals surface area contributed by atoms with E-state index in [4.69, 9.17) is 38.0 Å². The van der Waals surface area contributed by atoms with Crippen molar-refractivity contribution in [3.63, 3.8) is 0 Å². The molecule has 0 N–H and O–H groups in total. The monoisotopic (exact) mass is 665 g/mol. The first-order valence-corrected chi connectivity index (χ1v) is 15.8. The molecule has 2 heterocycles. The average Bonchev–Trinajstić information content (AvgIpc) is 3.09. The van der Waals surface area contributed by atoms with E-state index in [1.54, 1.807) is 26.2 Å². The van der Waals surface area contributed by atoms with E-state index in [-0.39, 0.29) is 38.4 Å². The van der Waals surface area contributed by atoms with E-state index in [0.29, 0.717) is 30.1 Å². The van der Waals surface area contributed by atoms with Crippen molar-refractivity contribution in [3.8, 4) is 11.5 Å². The lowest BCUT2D eigenvalue weighted by Crippen LogP contribution is -2.41. The van der Waals surface area contributed by atoms with Gasteiger partial charge in [0.1, 0.15) is 61.8 Å². The van der Waals surface area contributed by atoms with Crippen LogP contribution in [-0.2, 0) is 42.9 Å². The zero-order chi connectivity index (χ0) is 34.3. The number of hydrogen-bond donors (Lipinski definition) is 0. The molecule has 12 nitrogen and oxygen atoms in total. The minimum Gasteiger partial charge on any atom is -0.497 e. The molecule has 0 amide bonds. The van der Waals surface area contributed by atoms with Crippen LogP contribution in [0.25, 0.3) is 0 Å². The lowest BCUT2D eigenvalue weighted by Gasteiger charge is -2.32. The van der Waals surface area contributed by atoms with E-state index < -0.39 is 42.3 Å². The summed E-state index contributed by atoms with van der Waals surface area (Å²) in [5.74, 6) is 0.0328. The van der Waals surface area contributed by atoms with Crippen LogP contribution in [0.15, 0.2) is 84.1 Å². The molecule has 48 heavy (non-hydrogen) atoms. The lowest BCUT2D eigenvalue weighted by atomic mass is 10.0. The molecule has 0 fully saturated rings. The van der Waals surface area contributed by atoms with Gasteiger partial charge in [0.05, 0.1) is 25.3 Å². The predicted molar refractivity (Wildman–Crippen MR) is 174 cm³/mol. The second kappa shape index (κ2) is 18.6. The van der Waals surface area contributed by atoms with Gasteiger partial charge in [-0.05, 0) is 55.3 Å². The van der Waals surface area contributed by atoms with Crippen molar-refractivity contribution < 1.29 is 52.4 Å². The van der Waals surface area contributed by atoms with Gasteiger partial charge in [-0.15, -0.1) is 0 Å². The molecule has 2 aliphatic heterocycles. The zero-order valence-corrected chi connectivity index (χ0v) is 27.7. The van der Waals surface area contributed by atoms with Crippen LogP contribution in [0.5, 0.6) is 11.5 Å². The number of methoxy groups -OCH3 is 1. The molecule has 0 radical (unpaired) electrons. The van der Waals surface area contributed by atoms with Gasteiger partial charge in [-0.2, -0.15) is 0 Å². The first-order valence-electron chi connectivity index (χ1n) is 15.8. The second-order valence-corrected chi connectivity index (χ2v) is 11.3. The summed E-state index contributed by atoms with van der Waals surface area (Å²) < 4.78 is 39.6. The third-order valence-corrected chi connectivity index (χ3v) is 7.42. The molecule has 0 aromatic heterocycles. The molecular formula is C36H43NO11. The zero-order valence-electron chi connectivity index (χ0n) is 27.7. The van der Waals surface area contributed by atoms with Crippen molar-refractivity contribution in [1.82, 2.24) is 0 Å². The molecule has 0 bridgehead atoms. The van der Waals surface area contributed by atoms with Gasteiger partial charge >= 0.3 is 17.9 Å². The van der Waals surface area contributed by atoms with Gasteiger partial charge < -0.3 is 38.0 Å². The standard InChI is InChI=1S/C36H43NO11/c1-24(37-44-21-20-30-15-16-32(45-26(3)39)34(47-30)22-42-25(2)38)10-19-36(40)43-23-35-33(46-29-13-11-28(41-4)12-14-29)18-17-31(48-35)27-8-6-5-7-9-27/h5-9,11-18,30-35H,10,19-23H2,1-4H3/b37-24+/t30-,31-,32-,33-,34+,35+/m0/s1. The van der Waals surface area contributed by atoms with Crippen molar-refractivity contribution >= 4 is 23.6 Å². The third kappa shape index (κ3) is 11.8. The van der Waals surface area contributed by atoms with Crippen molar-refractivity contribution in [1.29, 1.82) is 0 Å². The number of hydrogen-bond acceptors (Lipinski definition) is 12. The normalized spacial score (nSPS) is 23.5. The van der Waals surface area contributed by atoms with Gasteiger partial charge in [-0.3, -0.25) is 14.4 Å². The maximum atomic E-state index is 12.7. The van der Waals surface area contributed by atoms with E-state index in [1.165, 1.54) is 13.8 Å². The first-order chi connectivity index (χ1) is 23.2. The van der Waals surface area contributed by atoms with Gasteiger partial charge in [0.15, 0.2) is 0 Å². The number of ether oxygens (including phenoxy) is 7. The Bertz CT molecular complexity index is 1420. The molecule has 6 atom stereocenters. The highest BCUT2D eigenvalue weighted by Gasteiger charge is 2.32. The van der Waals surface area contributed by atoms with E-state index >= 15 is 0 Å². The minimum atomic E-state index is -0.655. The molecule has 12 heteroatoms. The molecule has 2 aromatic rings. The molecule has 0 saturated heterocycles. The highest BCUT2D eigenvalue weighted by Crippen LogP contribution is 2.29. The Hall–Kier alpha value is -4.68. The van der Waals surface area contributed by atoms with Crippen LogP contribution in [0, 0.1) is 0 Å². The number of oxime groups is 1. The summed E-state index contributed by atoms with van der Waals surface area (Å²) in [4.78, 5) is 40.8. The molecule has 0 saturated carbocycles. The quantitative estimate of drug-likeness (QED) is 0.0594. The Morgan fingerprint density at radius 2 is 1.44 bits per heavy atom. The second-order valence-electron chi connectivity index (χ2n) is 11.3. The van der Waals surface area contributed by atoms with Crippen molar-refractivity contribution in [3.05, 3.63) is 84.5 Å². The Labute approximate surface area is 280 Å². The summed E-state index contributed by atoms with van der Waals surface area (Å²) in [6.07, 6.45) is 5.32. The topological polar surface area (TPSA) is 137 Å². The fraction of sp³-hybridized carbons (Fsp3) is 0.444. The van der Waals surface area contributed by atoms with Crippen LogP contribution in [0.4, 0.5) is 0 Å². The van der Waals surface area contributed by atoms with Crippen molar-refractivity contribution in [2.24, 2.45) is 5.16 Å². The van der Waals surface area contributed by atoms with Crippen LogP contribution in [0.3, 0.4) is 0 Å². The molecule has 2 aromatic carbocycles. The number of benzene rings is 2. The van der Waals surface area contributed by atoms with E-state index in [0.717, 1.165) is 5.56 Å². The van der Waals surface area contributed by atoms with Gasteiger partial charge in [-0.25, -0.2) is 0 Å². The van der Waals surface area contributed by atoms with Crippen LogP contribution >= 0.6 is 0 Å². The molecular weight excluding hydrogens is 622 g/mol. The predicted octanol–water partition coefficient (Wildman–Crippen LogP) is 5.06. The Kier molecular flexibility index (Phi) is 14.0. The largest absolute Gasteiger partial charge is 0.497 e.